The van der Waals surface area contributed by atoms with Gasteiger partial charge in [-0.1, -0.05) is 0 Å². The van der Waals surface area contributed by atoms with Crippen LogP contribution in [-0.2, 0) is 16.6 Å². The Balaban J connectivity index is 2.13. The van der Waals surface area contributed by atoms with Crippen LogP contribution in [0.4, 0.5) is 5.82 Å². The second-order valence-corrected chi connectivity index (χ2v) is 7.90. The summed E-state index contributed by atoms with van der Waals surface area (Å²) in [4.78, 5) is 22.0. The molecule has 0 fully saturated rings. The van der Waals surface area contributed by atoms with E-state index < -0.39 is 10.0 Å². The standard InChI is InChI=1S/C19H20N4O5S/c1-13-17(6-7-19(24)22-13)29(25,26)23(18-8-9-20-12-21-18)11-14-4-5-15(27-2)10-16(14)28-3/h4-10,12H,11H2,1-3H3,(H,22,24). The highest BCUT2D eigenvalue weighted by atomic mass is 32.2. The van der Waals surface area contributed by atoms with Crippen LogP contribution in [0.1, 0.15) is 11.3 Å². The van der Waals surface area contributed by atoms with E-state index in [1.54, 1.807) is 18.2 Å². The number of methoxy groups -OCH3 is 2. The van der Waals surface area contributed by atoms with Crippen LogP contribution in [0.5, 0.6) is 11.5 Å². The van der Waals surface area contributed by atoms with E-state index >= 15 is 0 Å². The number of nitrogens with one attached hydrogen (secondary N) is 1. The Hall–Kier alpha value is -3.40. The van der Waals surface area contributed by atoms with Gasteiger partial charge in [-0.3, -0.25) is 4.79 Å². The number of aryl methyl sites for hydroxylation is 1. The number of aromatic amines is 1. The Morgan fingerprint density at radius 2 is 1.90 bits per heavy atom. The molecule has 0 aliphatic carbocycles. The Bertz CT molecular complexity index is 1160. The van der Waals surface area contributed by atoms with E-state index in [4.69, 9.17) is 9.47 Å². The molecule has 0 aliphatic heterocycles. The molecule has 0 unspecified atom stereocenters. The molecule has 10 heteroatoms. The molecule has 0 amide bonds. The molecular formula is C19H20N4O5S. The van der Waals surface area contributed by atoms with Crippen LogP contribution in [0.2, 0.25) is 0 Å². The van der Waals surface area contributed by atoms with E-state index in [1.165, 1.54) is 51.9 Å². The predicted octanol–water partition coefficient (Wildman–Crippen LogP) is 1.89. The Morgan fingerprint density at radius 3 is 2.52 bits per heavy atom. The Labute approximate surface area is 168 Å². The molecule has 2 aromatic heterocycles. The van der Waals surface area contributed by atoms with E-state index in [1.807, 2.05) is 0 Å². The van der Waals surface area contributed by atoms with Crippen LogP contribution in [0.25, 0.3) is 0 Å². The van der Waals surface area contributed by atoms with Gasteiger partial charge >= 0.3 is 0 Å². The number of benzene rings is 1. The number of rotatable bonds is 7. The first-order valence-corrected chi connectivity index (χ1v) is 10.0. The Kier molecular flexibility index (Phi) is 5.83. The van der Waals surface area contributed by atoms with E-state index in [0.29, 0.717) is 17.1 Å². The fourth-order valence-corrected chi connectivity index (χ4v) is 4.40. The minimum absolute atomic E-state index is 0.0248. The zero-order valence-corrected chi connectivity index (χ0v) is 16.9. The van der Waals surface area contributed by atoms with Crippen molar-refractivity contribution in [2.75, 3.05) is 18.5 Å². The van der Waals surface area contributed by atoms with Crippen molar-refractivity contribution in [1.82, 2.24) is 15.0 Å². The van der Waals surface area contributed by atoms with E-state index in [9.17, 15) is 13.2 Å². The minimum Gasteiger partial charge on any atom is -0.497 e. The van der Waals surface area contributed by atoms with Gasteiger partial charge in [0.15, 0.2) is 0 Å². The van der Waals surface area contributed by atoms with E-state index in [0.717, 1.165) is 4.31 Å². The van der Waals surface area contributed by atoms with Crippen molar-refractivity contribution in [3.05, 3.63) is 70.5 Å². The number of nitrogens with zero attached hydrogens (tertiary/aromatic N) is 3. The van der Waals surface area contributed by atoms with Crippen molar-refractivity contribution in [3.63, 3.8) is 0 Å². The van der Waals surface area contributed by atoms with E-state index in [-0.39, 0.29) is 28.5 Å². The number of hydrogen-bond acceptors (Lipinski definition) is 7. The summed E-state index contributed by atoms with van der Waals surface area (Å²) in [6.45, 7) is 1.48. The first-order valence-electron chi connectivity index (χ1n) is 8.56. The lowest BCUT2D eigenvalue weighted by Gasteiger charge is -2.25. The molecule has 1 N–H and O–H groups in total. The van der Waals surface area contributed by atoms with Crippen molar-refractivity contribution < 1.29 is 17.9 Å². The summed E-state index contributed by atoms with van der Waals surface area (Å²) in [6.07, 6.45) is 2.72. The quantitative estimate of drug-likeness (QED) is 0.625. The Morgan fingerprint density at radius 1 is 1.10 bits per heavy atom. The SMILES string of the molecule is COc1ccc(CN(c2ccncn2)S(=O)(=O)c2ccc(=O)[nH]c2C)c(OC)c1. The second kappa shape index (κ2) is 8.31. The maximum absolute atomic E-state index is 13.5. The van der Waals surface area contributed by atoms with Gasteiger partial charge in [-0.15, -0.1) is 0 Å². The summed E-state index contributed by atoms with van der Waals surface area (Å²) in [6, 6.07) is 9.06. The molecule has 0 bridgehead atoms. The molecule has 29 heavy (non-hydrogen) atoms. The maximum atomic E-state index is 13.5. The first kappa shape index (κ1) is 20.3. The van der Waals surface area contributed by atoms with Crippen LogP contribution >= 0.6 is 0 Å². The molecule has 0 radical (unpaired) electrons. The molecule has 1 aromatic carbocycles. The predicted molar refractivity (Wildman–Crippen MR) is 107 cm³/mol. The number of ether oxygens (including phenoxy) is 2. The van der Waals surface area contributed by atoms with Crippen molar-refractivity contribution in [1.29, 1.82) is 0 Å². The number of sulfonamides is 1. The minimum atomic E-state index is -4.05. The fourth-order valence-electron chi connectivity index (χ4n) is 2.82. The third-order valence-electron chi connectivity index (χ3n) is 4.26. The largest absolute Gasteiger partial charge is 0.497 e. The summed E-state index contributed by atoms with van der Waals surface area (Å²) in [5, 5.41) is 0. The lowest BCUT2D eigenvalue weighted by Crippen LogP contribution is -2.32. The summed E-state index contributed by atoms with van der Waals surface area (Å²) >= 11 is 0. The molecule has 152 valence electrons. The second-order valence-electron chi connectivity index (χ2n) is 6.07. The van der Waals surface area contributed by atoms with Crippen molar-refractivity contribution in [2.45, 2.75) is 18.4 Å². The van der Waals surface area contributed by atoms with Crippen molar-refractivity contribution in [2.24, 2.45) is 0 Å². The molecule has 0 saturated heterocycles. The van der Waals surface area contributed by atoms with Crippen molar-refractivity contribution >= 4 is 15.8 Å². The maximum Gasteiger partial charge on any atom is 0.267 e. The van der Waals surface area contributed by atoms with Gasteiger partial charge in [-0.2, -0.15) is 0 Å². The fraction of sp³-hybridized carbons (Fsp3) is 0.211. The summed E-state index contributed by atoms with van der Waals surface area (Å²) in [5.74, 6) is 1.23. The average molecular weight is 416 g/mol. The smallest absolute Gasteiger partial charge is 0.267 e. The van der Waals surface area contributed by atoms with Gasteiger partial charge in [-0.05, 0) is 25.1 Å². The third kappa shape index (κ3) is 4.21. The number of anilines is 1. The van der Waals surface area contributed by atoms with Crippen LogP contribution in [-0.4, -0.2) is 37.6 Å². The van der Waals surface area contributed by atoms with Gasteiger partial charge in [0.25, 0.3) is 10.0 Å². The van der Waals surface area contributed by atoms with Crippen molar-refractivity contribution in [3.8, 4) is 11.5 Å². The number of H-pyrrole nitrogens is 1. The first-order chi connectivity index (χ1) is 13.9. The highest BCUT2D eigenvalue weighted by Crippen LogP contribution is 2.30. The van der Waals surface area contributed by atoms with Crippen LogP contribution in [0.3, 0.4) is 0 Å². The molecule has 0 aliphatic rings. The van der Waals surface area contributed by atoms with Gasteiger partial charge in [0, 0.05) is 35.7 Å². The third-order valence-corrected chi connectivity index (χ3v) is 6.16. The summed E-state index contributed by atoms with van der Waals surface area (Å²) < 4.78 is 38.7. The van der Waals surface area contributed by atoms with Gasteiger partial charge in [-0.25, -0.2) is 22.7 Å². The normalized spacial score (nSPS) is 11.1. The molecule has 3 aromatic rings. The molecule has 3 rings (SSSR count). The molecule has 0 saturated carbocycles. The van der Waals surface area contributed by atoms with Crippen LogP contribution in [0.15, 0.2) is 58.6 Å². The summed E-state index contributed by atoms with van der Waals surface area (Å²) in [7, 11) is -1.03. The van der Waals surface area contributed by atoms with Gasteiger partial charge < -0.3 is 14.5 Å². The highest BCUT2D eigenvalue weighted by Gasteiger charge is 2.29. The van der Waals surface area contributed by atoms with Gasteiger partial charge in [0.1, 0.15) is 28.5 Å². The zero-order chi connectivity index (χ0) is 21.0. The monoisotopic (exact) mass is 416 g/mol. The van der Waals surface area contributed by atoms with Crippen LogP contribution in [0, 0.1) is 6.92 Å². The van der Waals surface area contributed by atoms with E-state index in [2.05, 4.69) is 15.0 Å². The summed E-state index contributed by atoms with van der Waals surface area (Å²) in [5.41, 5.74) is 0.461. The highest BCUT2D eigenvalue weighted by molar-refractivity contribution is 7.92. The lowest BCUT2D eigenvalue weighted by atomic mass is 10.2. The number of hydrogen-bond donors (Lipinski definition) is 1. The van der Waals surface area contributed by atoms with Crippen LogP contribution < -0.4 is 19.3 Å². The molecule has 2 heterocycles. The molecule has 9 nitrogen and oxygen atoms in total. The number of aromatic nitrogens is 3. The van der Waals surface area contributed by atoms with Gasteiger partial charge in [0.2, 0.25) is 5.56 Å². The average Bonchev–Trinajstić information content (AvgIpc) is 2.72. The topological polar surface area (TPSA) is 114 Å². The molecule has 0 atom stereocenters. The zero-order valence-electron chi connectivity index (χ0n) is 16.1. The lowest BCUT2D eigenvalue weighted by molar-refractivity contribution is 0.391. The number of pyridine rings is 1. The van der Waals surface area contributed by atoms with Gasteiger partial charge in [0.05, 0.1) is 20.8 Å². The molecular weight excluding hydrogens is 396 g/mol. The molecule has 0 spiro atoms.